The topological polar surface area (TPSA) is 64.6 Å². The molecule has 0 saturated carbocycles. The maximum absolute atomic E-state index is 11.8. The maximum atomic E-state index is 11.8. The van der Waals surface area contributed by atoms with Gasteiger partial charge in [-0.1, -0.05) is 19.1 Å². The molecule has 0 aliphatic carbocycles. The van der Waals surface area contributed by atoms with Crippen molar-refractivity contribution in [1.29, 1.82) is 0 Å². The van der Waals surface area contributed by atoms with Crippen LogP contribution in [-0.2, 0) is 20.9 Å². The minimum atomic E-state index is -0.258. The number of esters is 1. The fourth-order valence-electron chi connectivity index (χ4n) is 1.63. The molecule has 1 atom stereocenters. The molecule has 0 fully saturated rings. The predicted molar refractivity (Wildman–Crippen MR) is 83.4 cm³/mol. The molecule has 1 unspecified atom stereocenters. The lowest BCUT2D eigenvalue weighted by molar-refractivity contribution is -0.140. The summed E-state index contributed by atoms with van der Waals surface area (Å²) < 4.78 is 9.72. The number of carbonyl (C=O) groups is 2. The van der Waals surface area contributed by atoms with E-state index in [9.17, 15) is 9.59 Å². The van der Waals surface area contributed by atoms with Gasteiger partial charge in [-0.25, -0.2) is 0 Å². The highest BCUT2D eigenvalue weighted by molar-refractivity contribution is 8.00. The lowest BCUT2D eigenvalue weighted by Gasteiger charge is -2.10. The van der Waals surface area contributed by atoms with Gasteiger partial charge >= 0.3 is 5.97 Å². The highest BCUT2D eigenvalue weighted by Crippen LogP contribution is 2.15. The van der Waals surface area contributed by atoms with Gasteiger partial charge in [-0.3, -0.25) is 9.59 Å². The van der Waals surface area contributed by atoms with Crippen LogP contribution >= 0.6 is 11.8 Å². The minimum absolute atomic E-state index is 0.0556. The Morgan fingerprint density at radius 1 is 1.33 bits per heavy atom. The number of nitrogens with one attached hydrogen (secondary N) is 1. The zero-order chi connectivity index (χ0) is 15.7. The summed E-state index contributed by atoms with van der Waals surface area (Å²) in [6.45, 7) is 2.36. The van der Waals surface area contributed by atoms with Crippen LogP contribution in [0, 0.1) is 0 Å². The largest absolute Gasteiger partial charge is 0.497 e. The molecule has 0 aromatic heterocycles. The first-order chi connectivity index (χ1) is 10.0. The van der Waals surface area contributed by atoms with Gasteiger partial charge in [0.2, 0.25) is 5.91 Å². The molecule has 0 radical (unpaired) electrons. The van der Waals surface area contributed by atoms with Crippen molar-refractivity contribution in [3.05, 3.63) is 29.8 Å². The van der Waals surface area contributed by atoms with Crippen molar-refractivity contribution in [3.63, 3.8) is 0 Å². The number of hydrogen-bond acceptors (Lipinski definition) is 5. The van der Waals surface area contributed by atoms with Gasteiger partial charge in [-0.05, 0) is 17.7 Å². The molecule has 0 bridgehead atoms. The van der Waals surface area contributed by atoms with Crippen LogP contribution in [0.25, 0.3) is 0 Å². The van der Waals surface area contributed by atoms with Crippen LogP contribution in [0.1, 0.15) is 18.9 Å². The number of ether oxygens (including phenoxy) is 2. The van der Waals surface area contributed by atoms with Crippen LogP contribution in [-0.4, -0.2) is 37.1 Å². The van der Waals surface area contributed by atoms with Gasteiger partial charge < -0.3 is 14.8 Å². The average molecular weight is 311 g/mol. The molecule has 0 aliphatic rings. The van der Waals surface area contributed by atoms with Crippen molar-refractivity contribution in [1.82, 2.24) is 5.32 Å². The van der Waals surface area contributed by atoms with E-state index in [1.807, 2.05) is 31.2 Å². The molecule has 0 heterocycles. The van der Waals surface area contributed by atoms with Crippen molar-refractivity contribution in [2.24, 2.45) is 0 Å². The van der Waals surface area contributed by atoms with Crippen molar-refractivity contribution >= 4 is 23.6 Å². The minimum Gasteiger partial charge on any atom is -0.497 e. The Kier molecular flexibility index (Phi) is 7.68. The van der Waals surface area contributed by atoms with E-state index in [2.05, 4.69) is 10.1 Å². The Morgan fingerprint density at radius 3 is 2.76 bits per heavy atom. The first-order valence-corrected chi connectivity index (χ1v) is 7.68. The standard InChI is InChI=1S/C15H21NO4S/c1-11(7-15(18)20-3)21-10-14(17)16-9-12-5-4-6-13(8-12)19-2/h4-6,8,11H,7,9-10H2,1-3H3,(H,16,17). The molecule has 5 nitrogen and oxygen atoms in total. The lowest BCUT2D eigenvalue weighted by atomic mass is 10.2. The van der Waals surface area contributed by atoms with Crippen molar-refractivity contribution in [2.75, 3.05) is 20.0 Å². The first-order valence-electron chi connectivity index (χ1n) is 6.63. The van der Waals surface area contributed by atoms with E-state index < -0.39 is 0 Å². The van der Waals surface area contributed by atoms with E-state index in [4.69, 9.17) is 4.74 Å². The second-order valence-electron chi connectivity index (χ2n) is 4.53. The highest BCUT2D eigenvalue weighted by Gasteiger charge is 2.11. The van der Waals surface area contributed by atoms with Gasteiger partial charge in [0.1, 0.15) is 5.75 Å². The number of rotatable bonds is 8. The molecule has 21 heavy (non-hydrogen) atoms. The van der Waals surface area contributed by atoms with Gasteiger partial charge in [0, 0.05) is 11.8 Å². The maximum Gasteiger partial charge on any atom is 0.306 e. The van der Waals surface area contributed by atoms with Gasteiger partial charge in [-0.2, -0.15) is 0 Å². The summed E-state index contributed by atoms with van der Waals surface area (Å²) in [4.78, 5) is 22.8. The molecule has 1 rings (SSSR count). The Labute approximate surface area is 129 Å². The molecule has 1 aromatic carbocycles. The van der Waals surface area contributed by atoms with E-state index in [1.165, 1.54) is 18.9 Å². The zero-order valence-electron chi connectivity index (χ0n) is 12.5. The quantitative estimate of drug-likeness (QED) is 0.744. The number of methoxy groups -OCH3 is 2. The number of thioether (sulfide) groups is 1. The summed E-state index contributed by atoms with van der Waals surface area (Å²) in [5, 5.41) is 2.90. The third kappa shape index (κ3) is 7.04. The first kappa shape index (κ1) is 17.4. The fraction of sp³-hybridized carbons (Fsp3) is 0.467. The Morgan fingerprint density at radius 2 is 2.10 bits per heavy atom. The summed E-state index contributed by atoms with van der Waals surface area (Å²) in [6.07, 6.45) is 0.310. The van der Waals surface area contributed by atoms with Gasteiger partial charge in [-0.15, -0.1) is 11.8 Å². The molecule has 0 aliphatic heterocycles. The van der Waals surface area contributed by atoms with Crippen molar-refractivity contribution < 1.29 is 19.1 Å². The van der Waals surface area contributed by atoms with Crippen LogP contribution in [0.15, 0.2) is 24.3 Å². The molecular formula is C15H21NO4S. The van der Waals surface area contributed by atoms with Crippen molar-refractivity contribution in [3.8, 4) is 5.75 Å². The number of hydrogen-bond donors (Lipinski definition) is 1. The van der Waals surface area contributed by atoms with Crippen LogP contribution in [0.2, 0.25) is 0 Å². The molecule has 1 aromatic rings. The lowest BCUT2D eigenvalue weighted by Crippen LogP contribution is -2.25. The normalized spacial score (nSPS) is 11.6. The summed E-state index contributed by atoms with van der Waals surface area (Å²) >= 11 is 1.43. The summed E-state index contributed by atoms with van der Waals surface area (Å²) in [6, 6.07) is 7.55. The number of carbonyl (C=O) groups excluding carboxylic acids is 2. The molecule has 0 saturated heterocycles. The molecule has 1 amide bonds. The second-order valence-corrected chi connectivity index (χ2v) is 5.96. The van der Waals surface area contributed by atoms with Crippen LogP contribution < -0.4 is 10.1 Å². The third-order valence-electron chi connectivity index (χ3n) is 2.80. The summed E-state index contributed by atoms with van der Waals surface area (Å²) in [5.41, 5.74) is 0.982. The molecule has 6 heteroatoms. The van der Waals surface area contributed by atoms with Crippen LogP contribution in [0.3, 0.4) is 0 Å². The van der Waals surface area contributed by atoms with E-state index in [0.717, 1.165) is 11.3 Å². The number of benzene rings is 1. The van der Waals surface area contributed by atoms with Crippen molar-refractivity contribution in [2.45, 2.75) is 25.1 Å². The average Bonchev–Trinajstić information content (AvgIpc) is 2.50. The highest BCUT2D eigenvalue weighted by atomic mass is 32.2. The number of amides is 1. The summed E-state index contributed by atoms with van der Waals surface area (Å²) in [7, 11) is 2.97. The van der Waals surface area contributed by atoms with Gasteiger partial charge in [0.05, 0.1) is 26.4 Å². The molecule has 116 valence electrons. The third-order valence-corrected chi connectivity index (χ3v) is 3.97. The SMILES string of the molecule is COC(=O)CC(C)SCC(=O)NCc1cccc(OC)c1. The predicted octanol–water partition coefficient (Wildman–Crippen LogP) is 2.00. The second kappa shape index (κ2) is 9.28. The van der Waals surface area contributed by atoms with Gasteiger partial charge in [0.25, 0.3) is 0 Å². The smallest absolute Gasteiger partial charge is 0.306 e. The Hall–Kier alpha value is -1.69. The molecular weight excluding hydrogens is 290 g/mol. The Bertz CT molecular complexity index is 478. The monoisotopic (exact) mass is 311 g/mol. The van der Waals surface area contributed by atoms with E-state index in [1.54, 1.807) is 7.11 Å². The van der Waals surface area contributed by atoms with E-state index >= 15 is 0 Å². The van der Waals surface area contributed by atoms with E-state index in [0.29, 0.717) is 18.7 Å². The van der Waals surface area contributed by atoms with E-state index in [-0.39, 0.29) is 17.1 Å². The van der Waals surface area contributed by atoms with Gasteiger partial charge in [0.15, 0.2) is 0 Å². The molecule has 0 spiro atoms. The molecule has 1 N–H and O–H groups in total. The summed E-state index contributed by atoms with van der Waals surface area (Å²) in [5.74, 6) is 0.774. The fourth-order valence-corrected chi connectivity index (χ4v) is 2.42. The zero-order valence-corrected chi connectivity index (χ0v) is 13.4. The van der Waals surface area contributed by atoms with Crippen LogP contribution in [0.4, 0.5) is 0 Å². The Balaban J connectivity index is 2.29. The van der Waals surface area contributed by atoms with Crippen LogP contribution in [0.5, 0.6) is 5.75 Å².